The number of esters is 1. The molecule has 0 saturated heterocycles. The van der Waals surface area contributed by atoms with Crippen LogP contribution in [0.2, 0.25) is 0 Å². The molecular formula is C12H25NO3. The van der Waals surface area contributed by atoms with E-state index in [0.29, 0.717) is 0 Å². The molecule has 0 saturated carbocycles. The molecule has 16 heavy (non-hydrogen) atoms. The summed E-state index contributed by atoms with van der Waals surface area (Å²) in [4.78, 5) is 11.6. The molecule has 0 spiro atoms. The number of nitrogens with one attached hydrogen (secondary N) is 1. The number of carbonyl (C=O) groups excluding carboxylic acids is 1. The third kappa shape index (κ3) is 7.65. The Labute approximate surface area is 98.4 Å². The number of rotatable bonds is 6. The number of hydrogen-bond acceptors (Lipinski definition) is 4. The highest BCUT2D eigenvalue weighted by atomic mass is 16.6. The molecule has 0 aliphatic carbocycles. The topological polar surface area (TPSA) is 58.6 Å². The van der Waals surface area contributed by atoms with Gasteiger partial charge in [0.1, 0.15) is 11.6 Å². The van der Waals surface area contributed by atoms with Crippen LogP contribution in [0.15, 0.2) is 0 Å². The van der Waals surface area contributed by atoms with Gasteiger partial charge in [-0.2, -0.15) is 0 Å². The molecule has 0 radical (unpaired) electrons. The first-order valence-corrected chi connectivity index (χ1v) is 5.86. The Hall–Kier alpha value is -0.610. The van der Waals surface area contributed by atoms with Crippen molar-refractivity contribution in [2.75, 3.05) is 6.61 Å². The Morgan fingerprint density at radius 3 is 2.38 bits per heavy atom. The zero-order valence-corrected chi connectivity index (χ0v) is 11.0. The third-order valence-corrected chi connectivity index (χ3v) is 2.09. The molecule has 0 aromatic heterocycles. The average molecular weight is 231 g/mol. The Morgan fingerprint density at radius 1 is 1.38 bits per heavy atom. The molecule has 0 fully saturated rings. The molecule has 2 atom stereocenters. The second-order valence-electron chi connectivity index (χ2n) is 5.19. The summed E-state index contributed by atoms with van der Waals surface area (Å²) in [7, 11) is 0. The molecule has 0 bridgehead atoms. The Balaban J connectivity index is 3.95. The lowest BCUT2D eigenvalue weighted by Gasteiger charge is -2.24. The van der Waals surface area contributed by atoms with Crippen molar-refractivity contribution in [3.63, 3.8) is 0 Å². The number of ether oxygens (including phenoxy) is 1. The maximum atomic E-state index is 11.6. The van der Waals surface area contributed by atoms with Crippen molar-refractivity contribution >= 4 is 5.97 Å². The van der Waals surface area contributed by atoms with E-state index in [-0.39, 0.29) is 24.7 Å². The van der Waals surface area contributed by atoms with Gasteiger partial charge >= 0.3 is 5.97 Å². The average Bonchev–Trinajstić information content (AvgIpc) is 2.11. The molecule has 96 valence electrons. The fourth-order valence-electron chi connectivity index (χ4n) is 1.37. The summed E-state index contributed by atoms with van der Waals surface area (Å²) in [5.74, 6) is -0.233. The number of hydrogen-bond donors (Lipinski definition) is 2. The van der Waals surface area contributed by atoms with Gasteiger partial charge < -0.3 is 15.2 Å². The molecule has 0 heterocycles. The maximum absolute atomic E-state index is 11.6. The molecule has 0 aliphatic heterocycles. The van der Waals surface area contributed by atoms with Crippen LogP contribution in [-0.2, 0) is 9.53 Å². The normalized spacial score (nSPS) is 15.6. The van der Waals surface area contributed by atoms with Crippen LogP contribution in [0.1, 0.15) is 47.5 Å². The fourth-order valence-corrected chi connectivity index (χ4v) is 1.37. The summed E-state index contributed by atoms with van der Waals surface area (Å²) in [6.07, 6.45) is 1.60. The fraction of sp³-hybridized carbons (Fsp3) is 0.917. The number of aliphatic hydroxyl groups is 1. The van der Waals surface area contributed by atoms with Crippen molar-refractivity contribution in [1.29, 1.82) is 0 Å². The van der Waals surface area contributed by atoms with E-state index in [1.807, 2.05) is 27.7 Å². The van der Waals surface area contributed by atoms with Gasteiger partial charge in [-0.3, -0.25) is 4.79 Å². The van der Waals surface area contributed by atoms with Crippen LogP contribution in [0.25, 0.3) is 0 Å². The first kappa shape index (κ1) is 15.4. The lowest BCUT2D eigenvalue weighted by atomic mass is 10.1. The van der Waals surface area contributed by atoms with Gasteiger partial charge in [0, 0.05) is 12.6 Å². The molecule has 4 nitrogen and oxygen atoms in total. The van der Waals surface area contributed by atoms with Crippen molar-refractivity contribution in [2.24, 2.45) is 0 Å². The summed E-state index contributed by atoms with van der Waals surface area (Å²) >= 11 is 0. The minimum atomic E-state index is -0.443. The highest BCUT2D eigenvalue weighted by Crippen LogP contribution is 2.09. The Morgan fingerprint density at radius 2 is 1.94 bits per heavy atom. The van der Waals surface area contributed by atoms with Crippen LogP contribution in [0, 0.1) is 0 Å². The minimum absolute atomic E-state index is 0.187. The van der Waals surface area contributed by atoms with Gasteiger partial charge in [0.25, 0.3) is 0 Å². The van der Waals surface area contributed by atoms with Crippen molar-refractivity contribution in [2.45, 2.75) is 65.1 Å². The van der Waals surface area contributed by atoms with Crippen molar-refractivity contribution in [3.05, 3.63) is 0 Å². The Bertz CT molecular complexity index is 211. The largest absolute Gasteiger partial charge is 0.459 e. The smallest absolute Gasteiger partial charge is 0.323 e. The van der Waals surface area contributed by atoms with Gasteiger partial charge in [0.2, 0.25) is 0 Å². The van der Waals surface area contributed by atoms with Crippen LogP contribution >= 0.6 is 0 Å². The van der Waals surface area contributed by atoms with Gasteiger partial charge in [-0.25, -0.2) is 0 Å². The zero-order chi connectivity index (χ0) is 12.8. The summed E-state index contributed by atoms with van der Waals surface area (Å²) in [6.45, 7) is 9.54. The van der Waals surface area contributed by atoms with Crippen LogP contribution in [0.5, 0.6) is 0 Å². The van der Waals surface area contributed by atoms with Crippen LogP contribution in [-0.4, -0.2) is 35.4 Å². The van der Waals surface area contributed by atoms with Crippen LogP contribution in [0.3, 0.4) is 0 Å². The summed E-state index contributed by atoms with van der Waals surface area (Å²) in [5.41, 5.74) is -0.443. The standard InChI is InChI=1S/C12H25NO3/c1-9(7-6-8-14)13-10(2)11(15)16-12(3,4)5/h9-10,13-14H,6-8H2,1-5H3. The summed E-state index contributed by atoms with van der Waals surface area (Å²) in [6, 6.07) is -0.109. The van der Waals surface area contributed by atoms with E-state index in [1.54, 1.807) is 6.92 Å². The summed E-state index contributed by atoms with van der Waals surface area (Å²) < 4.78 is 5.25. The SMILES string of the molecule is CC(CCCO)NC(C)C(=O)OC(C)(C)C. The molecular weight excluding hydrogens is 206 g/mol. The highest BCUT2D eigenvalue weighted by molar-refractivity contribution is 5.75. The van der Waals surface area contributed by atoms with Crippen molar-refractivity contribution in [1.82, 2.24) is 5.32 Å². The zero-order valence-electron chi connectivity index (χ0n) is 11.0. The molecule has 0 aliphatic rings. The predicted molar refractivity (Wildman–Crippen MR) is 64.2 cm³/mol. The second kappa shape index (κ2) is 6.86. The van der Waals surface area contributed by atoms with Crippen molar-refractivity contribution in [3.8, 4) is 0 Å². The van der Waals surface area contributed by atoms with Gasteiger partial charge in [-0.05, 0) is 47.5 Å². The van der Waals surface area contributed by atoms with E-state index in [4.69, 9.17) is 9.84 Å². The van der Waals surface area contributed by atoms with Crippen molar-refractivity contribution < 1.29 is 14.6 Å². The molecule has 0 aromatic rings. The van der Waals surface area contributed by atoms with Gasteiger partial charge in [0.05, 0.1) is 0 Å². The third-order valence-electron chi connectivity index (χ3n) is 2.09. The molecule has 0 rings (SSSR count). The molecule has 2 N–H and O–H groups in total. The van der Waals surface area contributed by atoms with Crippen LogP contribution < -0.4 is 5.32 Å². The van der Waals surface area contributed by atoms with Gasteiger partial charge in [-0.1, -0.05) is 0 Å². The Kier molecular flexibility index (Phi) is 6.60. The molecule has 0 amide bonds. The maximum Gasteiger partial charge on any atom is 0.323 e. The van der Waals surface area contributed by atoms with E-state index < -0.39 is 5.60 Å². The predicted octanol–water partition coefficient (Wildman–Crippen LogP) is 1.47. The lowest BCUT2D eigenvalue weighted by Crippen LogP contribution is -2.43. The summed E-state index contributed by atoms with van der Waals surface area (Å²) in [5, 5.41) is 11.8. The van der Waals surface area contributed by atoms with Gasteiger partial charge in [0.15, 0.2) is 0 Å². The van der Waals surface area contributed by atoms with E-state index >= 15 is 0 Å². The minimum Gasteiger partial charge on any atom is -0.459 e. The van der Waals surface area contributed by atoms with E-state index in [0.717, 1.165) is 12.8 Å². The molecule has 2 unspecified atom stereocenters. The molecule has 0 aromatic carbocycles. The quantitative estimate of drug-likeness (QED) is 0.680. The van der Waals surface area contributed by atoms with Crippen LogP contribution in [0.4, 0.5) is 0 Å². The first-order chi connectivity index (χ1) is 7.26. The lowest BCUT2D eigenvalue weighted by molar-refractivity contribution is -0.157. The van der Waals surface area contributed by atoms with E-state index in [1.165, 1.54) is 0 Å². The highest BCUT2D eigenvalue weighted by Gasteiger charge is 2.22. The van der Waals surface area contributed by atoms with E-state index in [9.17, 15) is 4.79 Å². The van der Waals surface area contributed by atoms with E-state index in [2.05, 4.69) is 5.32 Å². The number of aliphatic hydroxyl groups excluding tert-OH is 1. The first-order valence-electron chi connectivity index (χ1n) is 5.86. The second-order valence-corrected chi connectivity index (χ2v) is 5.19. The molecule has 4 heteroatoms. The number of carbonyl (C=O) groups is 1. The van der Waals surface area contributed by atoms with Gasteiger partial charge in [-0.15, -0.1) is 0 Å². The monoisotopic (exact) mass is 231 g/mol.